The smallest absolute Gasteiger partial charge is 0.258 e. The Bertz CT molecular complexity index is 941. The highest BCUT2D eigenvalue weighted by Gasteiger charge is 2.19. The van der Waals surface area contributed by atoms with Crippen LogP contribution in [-0.2, 0) is 0 Å². The standard InChI is InChI=1S/C21H20FN5O/c22-19-5-2-1-4-18(19)20(28)25-16-6-8-17(9-7-16)26-12-14-27(15-13-26)21-23-10-3-11-24-21/h1-11H,12-15H2,(H,25,28). The van der Waals surface area contributed by atoms with Crippen LogP contribution in [0.2, 0.25) is 0 Å². The van der Waals surface area contributed by atoms with Crippen LogP contribution in [0.25, 0.3) is 0 Å². The Hall–Kier alpha value is -3.48. The average Bonchev–Trinajstić information content (AvgIpc) is 2.75. The van der Waals surface area contributed by atoms with Gasteiger partial charge in [0, 0.05) is 49.9 Å². The minimum absolute atomic E-state index is 0.0332. The molecule has 0 aliphatic carbocycles. The van der Waals surface area contributed by atoms with Crippen LogP contribution in [0.1, 0.15) is 10.4 Å². The summed E-state index contributed by atoms with van der Waals surface area (Å²) in [6.07, 6.45) is 3.51. The Kier molecular flexibility index (Phi) is 5.14. The van der Waals surface area contributed by atoms with E-state index in [1.54, 1.807) is 24.5 Å². The van der Waals surface area contributed by atoms with Crippen molar-refractivity contribution in [2.75, 3.05) is 41.3 Å². The van der Waals surface area contributed by atoms with Gasteiger partial charge in [0.05, 0.1) is 5.56 Å². The molecule has 7 heteroatoms. The monoisotopic (exact) mass is 377 g/mol. The molecule has 1 amide bonds. The molecular weight excluding hydrogens is 357 g/mol. The first-order chi connectivity index (χ1) is 13.7. The van der Waals surface area contributed by atoms with E-state index in [9.17, 15) is 9.18 Å². The summed E-state index contributed by atoms with van der Waals surface area (Å²) < 4.78 is 13.7. The molecule has 6 nitrogen and oxygen atoms in total. The van der Waals surface area contributed by atoms with Gasteiger partial charge in [-0.1, -0.05) is 12.1 Å². The van der Waals surface area contributed by atoms with Crippen molar-refractivity contribution in [3.05, 3.63) is 78.4 Å². The van der Waals surface area contributed by atoms with Crippen molar-refractivity contribution in [3.8, 4) is 0 Å². The molecule has 0 atom stereocenters. The molecule has 0 radical (unpaired) electrons. The predicted octanol–water partition coefficient (Wildman–Crippen LogP) is 3.19. The average molecular weight is 377 g/mol. The molecular formula is C21H20FN5O. The second kappa shape index (κ2) is 8.04. The molecule has 1 aliphatic heterocycles. The molecule has 28 heavy (non-hydrogen) atoms. The van der Waals surface area contributed by atoms with Gasteiger partial charge in [0.1, 0.15) is 5.82 Å². The van der Waals surface area contributed by atoms with Crippen LogP contribution in [0.5, 0.6) is 0 Å². The molecule has 0 unspecified atom stereocenters. The Morgan fingerprint density at radius 1 is 0.857 bits per heavy atom. The third-order valence-electron chi connectivity index (χ3n) is 4.72. The van der Waals surface area contributed by atoms with Crippen molar-refractivity contribution >= 4 is 23.2 Å². The molecule has 1 N–H and O–H groups in total. The third kappa shape index (κ3) is 3.93. The van der Waals surface area contributed by atoms with Gasteiger partial charge in [-0.15, -0.1) is 0 Å². The number of halogens is 1. The molecule has 1 aliphatic rings. The molecule has 0 spiro atoms. The Balaban J connectivity index is 1.36. The lowest BCUT2D eigenvalue weighted by atomic mass is 10.2. The van der Waals surface area contributed by atoms with E-state index in [4.69, 9.17) is 0 Å². The number of hydrogen-bond donors (Lipinski definition) is 1. The topological polar surface area (TPSA) is 61.4 Å². The largest absolute Gasteiger partial charge is 0.368 e. The van der Waals surface area contributed by atoms with Crippen LogP contribution >= 0.6 is 0 Å². The molecule has 142 valence electrons. The summed E-state index contributed by atoms with van der Waals surface area (Å²) in [5.41, 5.74) is 1.75. The number of piperazine rings is 1. The highest BCUT2D eigenvalue weighted by Crippen LogP contribution is 2.21. The number of nitrogens with one attached hydrogen (secondary N) is 1. The molecule has 4 rings (SSSR count). The van der Waals surface area contributed by atoms with Crippen molar-refractivity contribution < 1.29 is 9.18 Å². The van der Waals surface area contributed by atoms with Gasteiger partial charge in [0.2, 0.25) is 5.95 Å². The Labute approximate surface area is 162 Å². The van der Waals surface area contributed by atoms with E-state index in [0.29, 0.717) is 5.69 Å². The maximum absolute atomic E-state index is 13.7. The highest BCUT2D eigenvalue weighted by molar-refractivity contribution is 6.04. The van der Waals surface area contributed by atoms with Crippen molar-refractivity contribution in [2.24, 2.45) is 0 Å². The number of nitrogens with zero attached hydrogens (tertiary/aromatic N) is 4. The number of rotatable bonds is 4. The predicted molar refractivity (Wildman–Crippen MR) is 107 cm³/mol. The molecule has 3 aromatic rings. The van der Waals surface area contributed by atoms with Crippen LogP contribution in [0.4, 0.5) is 21.7 Å². The van der Waals surface area contributed by atoms with Gasteiger partial charge in [-0.25, -0.2) is 14.4 Å². The maximum atomic E-state index is 13.7. The Morgan fingerprint density at radius 2 is 1.50 bits per heavy atom. The first kappa shape index (κ1) is 17.9. The summed E-state index contributed by atoms with van der Waals surface area (Å²) in [4.78, 5) is 25.3. The van der Waals surface area contributed by atoms with Crippen molar-refractivity contribution in [2.45, 2.75) is 0 Å². The van der Waals surface area contributed by atoms with Gasteiger partial charge >= 0.3 is 0 Å². The molecule has 2 heterocycles. The van der Waals surface area contributed by atoms with Crippen LogP contribution in [0.15, 0.2) is 67.0 Å². The van der Waals surface area contributed by atoms with E-state index in [1.165, 1.54) is 12.1 Å². The minimum atomic E-state index is -0.531. The van der Waals surface area contributed by atoms with Crippen LogP contribution in [0, 0.1) is 5.82 Å². The molecule has 1 fully saturated rings. The summed E-state index contributed by atoms with van der Waals surface area (Å²) in [5, 5.41) is 2.74. The summed E-state index contributed by atoms with van der Waals surface area (Å²) in [6, 6.07) is 15.4. The van der Waals surface area contributed by atoms with E-state index in [-0.39, 0.29) is 5.56 Å². The second-order valence-electron chi connectivity index (χ2n) is 6.50. The fourth-order valence-electron chi connectivity index (χ4n) is 3.22. The van der Waals surface area contributed by atoms with E-state index in [0.717, 1.165) is 37.8 Å². The number of carbonyl (C=O) groups excluding carboxylic acids is 1. The van der Waals surface area contributed by atoms with E-state index >= 15 is 0 Å². The number of hydrogen-bond acceptors (Lipinski definition) is 5. The van der Waals surface area contributed by atoms with E-state index < -0.39 is 11.7 Å². The summed E-state index contributed by atoms with van der Waals surface area (Å²) >= 11 is 0. The van der Waals surface area contributed by atoms with E-state index in [2.05, 4.69) is 25.1 Å². The van der Waals surface area contributed by atoms with Gasteiger partial charge in [-0.2, -0.15) is 0 Å². The van der Waals surface area contributed by atoms with Crippen molar-refractivity contribution in [3.63, 3.8) is 0 Å². The summed E-state index contributed by atoms with van der Waals surface area (Å²) in [7, 11) is 0. The normalized spacial score (nSPS) is 14.0. The minimum Gasteiger partial charge on any atom is -0.368 e. The van der Waals surface area contributed by atoms with Gasteiger partial charge in [-0.3, -0.25) is 4.79 Å². The summed E-state index contributed by atoms with van der Waals surface area (Å²) in [5.74, 6) is -0.229. The SMILES string of the molecule is O=C(Nc1ccc(N2CCN(c3ncccn3)CC2)cc1)c1ccccc1F. The third-order valence-corrected chi connectivity index (χ3v) is 4.72. The first-order valence-corrected chi connectivity index (χ1v) is 9.13. The zero-order valence-electron chi connectivity index (χ0n) is 15.3. The van der Waals surface area contributed by atoms with Crippen molar-refractivity contribution in [1.29, 1.82) is 0 Å². The fourth-order valence-corrected chi connectivity index (χ4v) is 3.22. The number of anilines is 3. The number of carbonyl (C=O) groups is 1. The zero-order chi connectivity index (χ0) is 19.3. The van der Waals surface area contributed by atoms with Gasteiger partial charge in [0.15, 0.2) is 0 Å². The number of benzene rings is 2. The van der Waals surface area contributed by atoms with Crippen LogP contribution in [0.3, 0.4) is 0 Å². The maximum Gasteiger partial charge on any atom is 0.258 e. The van der Waals surface area contributed by atoms with Crippen LogP contribution < -0.4 is 15.1 Å². The Morgan fingerprint density at radius 3 is 2.18 bits per heavy atom. The van der Waals surface area contributed by atoms with E-state index in [1.807, 2.05) is 30.3 Å². The first-order valence-electron chi connectivity index (χ1n) is 9.13. The molecule has 1 aromatic heterocycles. The highest BCUT2D eigenvalue weighted by atomic mass is 19.1. The lowest BCUT2D eigenvalue weighted by molar-refractivity contribution is 0.102. The molecule has 1 saturated heterocycles. The molecule has 0 bridgehead atoms. The van der Waals surface area contributed by atoms with Gasteiger partial charge in [0.25, 0.3) is 5.91 Å². The zero-order valence-corrected chi connectivity index (χ0v) is 15.3. The lowest BCUT2D eigenvalue weighted by Crippen LogP contribution is -2.47. The second-order valence-corrected chi connectivity index (χ2v) is 6.50. The fraction of sp³-hybridized carbons (Fsp3) is 0.190. The quantitative estimate of drug-likeness (QED) is 0.757. The van der Waals surface area contributed by atoms with Crippen LogP contribution in [-0.4, -0.2) is 42.1 Å². The van der Waals surface area contributed by atoms with Gasteiger partial charge in [-0.05, 0) is 42.5 Å². The van der Waals surface area contributed by atoms with Gasteiger partial charge < -0.3 is 15.1 Å². The molecule has 2 aromatic carbocycles. The molecule has 0 saturated carbocycles. The number of amides is 1. The lowest BCUT2D eigenvalue weighted by Gasteiger charge is -2.36. The summed E-state index contributed by atoms with van der Waals surface area (Å²) in [6.45, 7) is 3.41. The van der Waals surface area contributed by atoms with Crippen molar-refractivity contribution in [1.82, 2.24) is 9.97 Å². The number of aromatic nitrogens is 2.